The Hall–Kier alpha value is -1.58. The molecule has 0 amide bonds. The minimum Gasteiger partial charge on any atom is -0.389 e. The van der Waals surface area contributed by atoms with Crippen molar-refractivity contribution in [1.82, 2.24) is 15.1 Å². The Balaban J connectivity index is 1.76. The predicted octanol–water partition coefficient (Wildman–Crippen LogP) is 1.67. The fraction of sp³-hybridized carbons (Fsp3) is 0.750. The van der Waals surface area contributed by atoms with E-state index in [9.17, 15) is 5.11 Å². The van der Waals surface area contributed by atoms with Crippen LogP contribution in [-0.4, -0.2) is 45.9 Å². The Kier molecular flexibility index (Phi) is 5.43. The van der Waals surface area contributed by atoms with Crippen LogP contribution in [0.3, 0.4) is 0 Å². The number of aliphatic hydroxyl groups is 1. The number of nitriles is 1. The van der Waals surface area contributed by atoms with Gasteiger partial charge in [0.25, 0.3) is 0 Å². The van der Waals surface area contributed by atoms with Gasteiger partial charge >= 0.3 is 0 Å². The number of aromatic amines is 1. The van der Waals surface area contributed by atoms with E-state index in [1.54, 1.807) is 0 Å². The van der Waals surface area contributed by atoms with Crippen LogP contribution in [0.1, 0.15) is 50.3 Å². The zero-order valence-electron chi connectivity index (χ0n) is 13.6. The zero-order chi connectivity index (χ0) is 16.2. The first-order valence-electron chi connectivity index (χ1n) is 8.07. The highest BCUT2D eigenvalue weighted by molar-refractivity contribution is 5.50. The molecular weight excluding hydrogens is 278 g/mol. The lowest BCUT2D eigenvalue weighted by atomic mass is 9.79. The van der Waals surface area contributed by atoms with E-state index in [1.807, 2.05) is 7.05 Å². The maximum absolute atomic E-state index is 10.6. The van der Waals surface area contributed by atoms with E-state index in [0.29, 0.717) is 5.56 Å². The fourth-order valence-corrected chi connectivity index (χ4v) is 3.26. The van der Waals surface area contributed by atoms with Gasteiger partial charge in [0, 0.05) is 6.54 Å². The summed E-state index contributed by atoms with van der Waals surface area (Å²) in [7, 11) is 2.04. The second-order valence-corrected chi connectivity index (χ2v) is 6.82. The first kappa shape index (κ1) is 16.8. The van der Waals surface area contributed by atoms with E-state index in [0.717, 1.165) is 63.2 Å². The van der Waals surface area contributed by atoms with Gasteiger partial charge in [0.05, 0.1) is 11.3 Å². The summed E-state index contributed by atoms with van der Waals surface area (Å²) in [5.74, 6) is 1.01. The first-order valence-corrected chi connectivity index (χ1v) is 8.07. The maximum atomic E-state index is 10.6. The summed E-state index contributed by atoms with van der Waals surface area (Å²) in [5.41, 5.74) is 6.36. The standard InChI is InChI=1S/C16H27N5O/c1-12-5-7-16(22,8-6-12)11-21(2)9-3-4-14-13(10-17)15(18)20-19-14/h12,22H,3-9,11H2,1-2H3,(H3,18,19,20). The lowest BCUT2D eigenvalue weighted by molar-refractivity contribution is -0.0301. The molecule has 0 bridgehead atoms. The molecule has 22 heavy (non-hydrogen) atoms. The topological polar surface area (TPSA) is 102 Å². The highest BCUT2D eigenvalue weighted by atomic mass is 16.3. The van der Waals surface area contributed by atoms with E-state index in [-0.39, 0.29) is 5.82 Å². The van der Waals surface area contributed by atoms with Crippen molar-refractivity contribution in [2.75, 3.05) is 25.9 Å². The third kappa shape index (κ3) is 4.21. The summed E-state index contributed by atoms with van der Waals surface area (Å²) >= 11 is 0. The van der Waals surface area contributed by atoms with Gasteiger partial charge < -0.3 is 15.7 Å². The van der Waals surface area contributed by atoms with Gasteiger partial charge in [0.15, 0.2) is 5.82 Å². The Morgan fingerprint density at radius 3 is 2.82 bits per heavy atom. The van der Waals surface area contributed by atoms with Crippen LogP contribution in [0.2, 0.25) is 0 Å². The van der Waals surface area contributed by atoms with Crippen molar-refractivity contribution in [3.63, 3.8) is 0 Å². The Morgan fingerprint density at radius 2 is 2.18 bits per heavy atom. The first-order chi connectivity index (χ1) is 10.4. The summed E-state index contributed by atoms with van der Waals surface area (Å²) in [6, 6.07) is 2.09. The van der Waals surface area contributed by atoms with Crippen molar-refractivity contribution in [2.24, 2.45) is 5.92 Å². The van der Waals surface area contributed by atoms with Crippen molar-refractivity contribution >= 4 is 5.82 Å². The van der Waals surface area contributed by atoms with Gasteiger partial charge in [-0.05, 0) is 58.0 Å². The monoisotopic (exact) mass is 305 g/mol. The SMILES string of the molecule is CC1CCC(O)(CN(C)CCCc2[nH]nc(N)c2C#N)CC1. The van der Waals surface area contributed by atoms with Gasteiger partial charge in [-0.15, -0.1) is 0 Å². The van der Waals surface area contributed by atoms with E-state index < -0.39 is 5.60 Å². The average Bonchev–Trinajstić information content (AvgIpc) is 2.82. The lowest BCUT2D eigenvalue weighted by Crippen LogP contribution is -2.44. The minimum absolute atomic E-state index is 0.275. The normalized spacial score (nSPS) is 25.3. The number of hydrogen-bond donors (Lipinski definition) is 3. The molecule has 1 heterocycles. The predicted molar refractivity (Wildman–Crippen MR) is 86.1 cm³/mol. The van der Waals surface area contributed by atoms with Crippen molar-refractivity contribution in [1.29, 1.82) is 5.26 Å². The Morgan fingerprint density at radius 1 is 1.50 bits per heavy atom. The van der Waals surface area contributed by atoms with E-state index in [4.69, 9.17) is 11.0 Å². The molecule has 0 spiro atoms. The quantitative estimate of drug-likeness (QED) is 0.742. The van der Waals surface area contributed by atoms with E-state index in [1.165, 1.54) is 0 Å². The number of H-pyrrole nitrogens is 1. The number of nitrogens with zero attached hydrogens (tertiary/aromatic N) is 3. The second-order valence-electron chi connectivity index (χ2n) is 6.82. The molecule has 122 valence electrons. The molecule has 6 heteroatoms. The van der Waals surface area contributed by atoms with E-state index >= 15 is 0 Å². The number of anilines is 1. The molecule has 1 aliphatic rings. The number of aromatic nitrogens is 2. The van der Waals surface area contributed by atoms with Crippen LogP contribution >= 0.6 is 0 Å². The largest absolute Gasteiger partial charge is 0.389 e. The van der Waals surface area contributed by atoms with Crippen LogP contribution in [-0.2, 0) is 6.42 Å². The third-order valence-corrected chi connectivity index (χ3v) is 4.72. The highest BCUT2D eigenvalue weighted by Gasteiger charge is 2.32. The molecule has 0 saturated heterocycles. The molecule has 4 N–H and O–H groups in total. The molecule has 1 aliphatic carbocycles. The molecule has 1 fully saturated rings. The molecule has 2 rings (SSSR count). The molecular formula is C16H27N5O. The summed E-state index contributed by atoms with van der Waals surface area (Å²) in [6.07, 6.45) is 5.67. The van der Waals surface area contributed by atoms with Crippen molar-refractivity contribution < 1.29 is 5.11 Å². The van der Waals surface area contributed by atoms with Crippen LogP contribution in [0.25, 0.3) is 0 Å². The summed E-state index contributed by atoms with van der Waals surface area (Å²) in [4.78, 5) is 2.18. The number of hydrogen-bond acceptors (Lipinski definition) is 5. The van der Waals surface area contributed by atoms with Crippen LogP contribution in [0.4, 0.5) is 5.82 Å². The molecule has 6 nitrogen and oxygen atoms in total. The smallest absolute Gasteiger partial charge is 0.163 e. The number of likely N-dealkylation sites (N-methyl/N-ethyl adjacent to an activating group) is 1. The number of nitrogen functional groups attached to an aromatic ring is 1. The van der Waals surface area contributed by atoms with Gasteiger partial charge in [0.2, 0.25) is 0 Å². The summed E-state index contributed by atoms with van der Waals surface area (Å²) < 4.78 is 0. The van der Waals surface area contributed by atoms with Gasteiger partial charge in [-0.25, -0.2) is 0 Å². The summed E-state index contributed by atoms with van der Waals surface area (Å²) in [6.45, 7) is 3.85. The van der Waals surface area contributed by atoms with Crippen LogP contribution in [0.5, 0.6) is 0 Å². The Labute approximate surface area is 132 Å². The lowest BCUT2D eigenvalue weighted by Gasteiger charge is -2.37. The second kappa shape index (κ2) is 7.12. The van der Waals surface area contributed by atoms with Gasteiger partial charge in [0.1, 0.15) is 11.6 Å². The molecule has 1 aromatic rings. The average molecular weight is 305 g/mol. The van der Waals surface area contributed by atoms with Crippen LogP contribution in [0, 0.1) is 17.2 Å². The van der Waals surface area contributed by atoms with Crippen molar-refractivity contribution in [2.45, 2.75) is 51.0 Å². The number of rotatable bonds is 6. The molecule has 1 aromatic heterocycles. The number of nitrogens with one attached hydrogen (secondary N) is 1. The molecule has 1 saturated carbocycles. The van der Waals surface area contributed by atoms with E-state index in [2.05, 4.69) is 28.1 Å². The molecule has 0 aliphatic heterocycles. The summed E-state index contributed by atoms with van der Waals surface area (Å²) in [5, 5.41) is 26.4. The number of aryl methyl sites for hydroxylation is 1. The van der Waals surface area contributed by atoms with Gasteiger partial charge in [-0.2, -0.15) is 10.4 Å². The molecule has 0 radical (unpaired) electrons. The molecule has 0 unspecified atom stereocenters. The highest BCUT2D eigenvalue weighted by Crippen LogP contribution is 2.32. The van der Waals surface area contributed by atoms with Crippen LogP contribution in [0.15, 0.2) is 0 Å². The molecule has 0 atom stereocenters. The van der Waals surface area contributed by atoms with Crippen molar-refractivity contribution in [3.8, 4) is 6.07 Å². The maximum Gasteiger partial charge on any atom is 0.163 e. The van der Waals surface area contributed by atoms with Crippen molar-refractivity contribution in [3.05, 3.63) is 11.3 Å². The number of nitrogens with two attached hydrogens (primary N) is 1. The fourth-order valence-electron chi connectivity index (χ4n) is 3.26. The van der Waals surface area contributed by atoms with Gasteiger partial charge in [-0.1, -0.05) is 6.92 Å². The minimum atomic E-state index is -0.530. The zero-order valence-corrected chi connectivity index (χ0v) is 13.6. The molecule has 0 aromatic carbocycles. The van der Waals surface area contributed by atoms with Gasteiger partial charge in [-0.3, -0.25) is 5.10 Å². The third-order valence-electron chi connectivity index (χ3n) is 4.72. The Bertz CT molecular complexity index is 525. The van der Waals surface area contributed by atoms with Crippen LogP contribution < -0.4 is 5.73 Å².